The molecule has 1 aromatic rings. The van der Waals surface area contributed by atoms with E-state index in [2.05, 4.69) is 34.5 Å². The lowest BCUT2D eigenvalue weighted by Gasteiger charge is -2.21. The van der Waals surface area contributed by atoms with E-state index in [1.54, 1.807) is 0 Å². The van der Waals surface area contributed by atoms with E-state index in [0.717, 1.165) is 13.0 Å². The van der Waals surface area contributed by atoms with Crippen LogP contribution in [0.1, 0.15) is 24.8 Å². The minimum Gasteiger partial charge on any atom is -0.386 e. The fraction of sp³-hybridized carbons (Fsp3) is 0.625. The molecule has 2 N–H and O–H groups in total. The zero-order chi connectivity index (χ0) is 13.8. The predicted octanol–water partition coefficient (Wildman–Crippen LogP) is 1.53. The summed E-state index contributed by atoms with van der Waals surface area (Å²) in [6.07, 6.45) is 3.35. The van der Waals surface area contributed by atoms with Crippen molar-refractivity contribution in [2.45, 2.75) is 31.4 Å². The lowest BCUT2D eigenvalue weighted by atomic mass is 10.0. The second-order valence-electron chi connectivity index (χ2n) is 5.99. The van der Waals surface area contributed by atoms with Crippen molar-refractivity contribution in [2.24, 2.45) is 0 Å². The number of ether oxygens (including phenoxy) is 1. The normalized spacial score (nSPS) is 26.4. The Morgan fingerprint density at radius 3 is 2.60 bits per heavy atom. The Bertz CT molecular complexity index is 421. The standard InChI is InChI=1S/C16H24N2O2/c19-16(7-10-20-13-16)12-17-11-14-3-5-15(6-4-14)18-8-1-2-9-18/h3-6,17,19H,1-2,7-13H2. The van der Waals surface area contributed by atoms with Gasteiger partial charge >= 0.3 is 0 Å². The first-order valence-electron chi connectivity index (χ1n) is 7.60. The highest BCUT2D eigenvalue weighted by molar-refractivity contribution is 5.48. The van der Waals surface area contributed by atoms with Gasteiger partial charge < -0.3 is 20.1 Å². The van der Waals surface area contributed by atoms with Crippen LogP contribution in [0.15, 0.2) is 24.3 Å². The van der Waals surface area contributed by atoms with Gasteiger partial charge in [0, 0.05) is 44.9 Å². The van der Waals surface area contributed by atoms with Crippen molar-refractivity contribution in [1.29, 1.82) is 0 Å². The highest BCUT2D eigenvalue weighted by Gasteiger charge is 2.31. The van der Waals surface area contributed by atoms with Gasteiger partial charge in [0.25, 0.3) is 0 Å². The third kappa shape index (κ3) is 3.32. The van der Waals surface area contributed by atoms with Crippen LogP contribution in [0.3, 0.4) is 0 Å². The fourth-order valence-electron chi connectivity index (χ4n) is 2.98. The Morgan fingerprint density at radius 1 is 1.20 bits per heavy atom. The molecule has 0 aromatic heterocycles. The van der Waals surface area contributed by atoms with Crippen LogP contribution in [0.4, 0.5) is 5.69 Å². The SMILES string of the molecule is OC1(CNCc2ccc(N3CCCC3)cc2)CCOC1. The fourth-order valence-corrected chi connectivity index (χ4v) is 2.98. The number of anilines is 1. The first kappa shape index (κ1) is 13.9. The van der Waals surface area contributed by atoms with Gasteiger partial charge in [-0.25, -0.2) is 0 Å². The number of hydrogen-bond donors (Lipinski definition) is 2. The molecule has 1 unspecified atom stereocenters. The monoisotopic (exact) mass is 276 g/mol. The van der Waals surface area contributed by atoms with Crippen LogP contribution in [0, 0.1) is 0 Å². The molecule has 4 heteroatoms. The molecule has 0 amide bonds. The van der Waals surface area contributed by atoms with Gasteiger partial charge in [-0.05, 0) is 30.5 Å². The highest BCUT2D eigenvalue weighted by Crippen LogP contribution is 2.21. The number of hydrogen-bond acceptors (Lipinski definition) is 4. The Labute approximate surface area is 120 Å². The minimum absolute atomic E-state index is 0.452. The van der Waals surface area contributed by atoms with Gasteiger partial charge in [-0.3, -0.25) is 0 Å². The lowest BCUT2D eigenvalue weighted by molar-refractivity contribution is 0.0268. The van der Waals surface area contributed by atoms with Crippen molar-refractivity contribution in [3.05, 3.63) is 29.8 Å². The largest absolute Gasteiger partial charge is 0.386 e. The molecule has 4 nitrogen and oxygen atoms in total. The van der Waals surface area contributed by atoms with Crippen LogP contribution in [-0.4, -0.2) is 43.6 Å². The second-order valence-corrected chi connectivity index (χ2v) is 5.99. The molecule has 2 aliphatic heterocycles. The topological polar surface area (TPSA) is 44.7 Å². The van der Waals surface area contributed by atoms with E-state index >= 15 is 0 Å². The van der Waals surface area contributed by atoms with Crippen molar-refractivity contribution >= 4 is 5.69 Å². The number of aliphatic hydroxyl groups is 1. The van der Waals surface area contributed by atoms with Gasteiger partial charge in [0.05, 0.1) is 6.61 Å². The summed E-state index contributed by atoms with van der Waals surface area (Å²) in [5.74, 6) is 0. The number of nitrogens with one attached hydrogen (secondary N) is 1. The van der Waals surface area contributed by atoms with Crippen LogP contribution in [-0.2, 0) is 11.3 Å². The van der Waals surface area contributed by atoms with E-state index in [9.17, 15) is 5.11 Å². The van der Waals surface area contributed by atoms with E-state index < -0.39 is 5.60 Å². The average Bonchev–Trinajstić information content (AvgIpc) is 3.11. The molecule has 2 saturated heterocycles. The maximum absolute atomic E-state index is 10.2. The third-order valence-electron chi connectivity index (χ3n) is 4.27. The molecular formula is C16H24N2O2. The summed E-state index contributed by atoms with van der Waals surface area (Å²) in [4.78, 5) is 2.44. The molecule has 20 heavy (non-hydrogen) atoms. The van der Waals surface area contributed by atoms with E-state index in [0.29, 0.717) is 19.8 Å². The van der Waals surface area contributed by atoms with Crippen molar-refractivity contribution in [3.63, 3.8) is 0 Å². The molecule has 2 fully saturated rings. The Morgan fingerprint density at radius 2 is 1.95 bits per heavy atom. The number of benzene rings is 1. The molecule has 110 valence electrons. The molecule has 3 rings (SSSR count). The maximum atomic E-state index is 10.2. The van der Waals surface area contributed by atoms with Crippen molar-refractivity contribution in [3.8, 4) is 0 Å². The van der Waals surface area contributed by atoms with Crippen LogP contribution < -0.4 is 10.2 Å². The first-order valence-corrected chi connectivity index (χ1v) is 7.60. The predicted molar refractivity (Wildman–Crippen MR) is 80.0 cm³/mol. The van der Waals surface area contributed by atoms with Crippen LogP contribution in [0.25, 0.3) is 0 Å². The van der Waals surface area contributed by atoms with E-state index in [1.807, 2.05) is 0 Å². The van der Waals surface area contributed by atoms with Crippen LogP contribution in [0.5, 0.6) is 0 Å². The summed E-state index contributed by atoms with van der Waals surface area (Å²) < 4.78 is 5.24. The molecule has 1 atom stereocenters. The molecule has 2 aliphatic rings. The molecule has 0 saturated carbocycles. The quantitative estimate of drug-likeness (QED) is 0.856. The summed E-state index contributed by atoms with van der Waals surface area (Å²) in [7, 11) is 0. The van der Waals surface area contributed by atoms with Gasteiger partial charge in [-0.15, -0.1) is 0 Å². The molecule has 1 aromatic carbocycles. The van der Waals surface area contributed by atoms with Crippen molar-refractivity contribution in [1.82, 2.24) is 5.32 Å². The summed E-state index contributed by atoms with van der Waals surface area (Å²) in [5.41, 5.74) is 1.92. The van der Waals surface area contributed by atoms with Gasteiger partial charge in [0.2, 0.25) is 0 Å². The molecule has 0 aliphatic carbocycles. The molecule has 2 heterocycles. The van der Waals surface area contributed by atoms with E-state index in [1.165, 1.54) is 37.2 Å². The molecule has 0 radical (unpaired) electrons. The summed E-state index contributed by atoms with van der Waals surface area (Å²) in [5, 5.41) is 13.5. The summed E-state index contributed by atoms with van der Waals surface area (Å²) >= 11 is 0. The molecule has 0 bridgehead atoms. The summed E-state index contributed by atoms with van der Waals surface area (Å²) in [6, 6.07) is 8.76. The lowest BCUT2D eigenvalue weighted by Crippen LogP contribution is -2.40. The van der Waals surface area contributed by atoms with Gasteiger partial charge in [-0.1, -0.05) is 12.1 Å². The Hall–Kier alpha value is -1.10. The van der Waals surface area contributed by atoms with Crippen molar-refractivity contribution < 1.29 is 9.84 Å². The van der Waals surface area contributed by atoms with E-state index in [-0.39, 0.29) is 0 Å². The minimum atomic E-state index is -0.671. The van der Waals surface area contributed by atoms with Crippen LogP contribution >= 0.6 is 0 Å². The molecular weight excluding hydrogens is 252 g/mol. The Balaban J connectivity index is 1.48. The zero-order valence-corrected chi connectivity index (χ0v) is 12.0. The van der Waals surface area contributed by atoms with Crippen LogP contribution in [0.2, 0.25) is 0 Å². The first-order chi connectivity index (χ1) is 9.75. The second kappa shape index (κ2) is 6.12. The number of rotatable bonds is 5. The van der Waals surface area contributed by atoms with Gasteiger partial charge in [0.1, 0.15) is 5.60 Å². The highest BCUT2D eigenvalue weighted by atomic mass is 16.5. The smallest absolute Gasteiger partial charge is 0.102 e. The molecule has 0 spiro atoms. The maximum Gasteiger partial charge on any atom is 0.102 e. The van der Waals surface area contributed by atoms with Gasteiger partial charge in [0.15, 0.2) is 0 Å². The Kier molecular flexibility index (Phi) is 4.24. The van der Waals surface area contributed by atoms with Crippen molar-refractivity contribution in [2.75, 3.05) is 37.7 Å². The zero-order valence-electron chi connectivity index (χ0n) is 12.0. The van der Waals surface area contributed by atoms with E-state index in [4.69, 9.17) is 4.74 Å². The summed E-state index contributed by atoms with van der Waals surface area (Å²) in [6.45, 7) is 4.88. The van der Waals surface area contributed by atoms with Gasteiger partial charge in [-0.2, -0.15) is 0 Å². The average molecular weight is 276 g/mol. The third-order valence-corrected chi connectivity index (χ3v) is 4.27. The number of nitrogens with zero attached hydrogens (tertiary/aromatic N) is 1.